The van der Waals surface area contributed by atoms with Crippen LogP contribution in [0.3, 0.4) is 0 Å². The first-order chi connectivity index (χ1) is 10.7. The molecular formula is C16H10ClFN4. The minimum Gasteiger partial charge on any atom is -0.239 e. The van der Waals surface area contributed by atoms with E-state index in [0.717, 1.165) is 0 Å². The largest absolute Gasteiger partial charge is 0.239 e. The average Bonchev–Trinajstić information content (AvgIpc) is 2.92. The molecule has 4 nitrogen and oxygen atoms in total. The van der Waals surface area contributed by atoms with Crippen molar-refractivity contribution in [2.75, 3.05) is 0 Å². The van der Waals surface area contributed by atoms with Gasteiger partial charge in [-0.25, -0.2) is 9.07 Å². The van der Waals surface area contributed by atoms with E-state index >= 15 is 0 Å². The van der Waals surface area contributed by atoms with Crippen LogP contribution in [0.4, 0.5) is 4.39 Å². The van der Waals surface area contributed by atoms with Crippen LogP contribution in [0.25, 0.3) is 11.3 Å². The van der Waals surface area contributed by atoms with Gasteiger partial charge in [-0.3, -0.25) is 0 Å². The molecule has 6 heteroatoms. The minimum atomic E-state index is -0.325. The quantitative estimate of drug-likeness (QED) is 0.741. The molecule has 0 aliphatic carbocycles. The fourth-order valence-corrected chi connectivity index (χ4v) is 2.40. The third kappa shape index (κ3) is 2.69. The van der Waals surface area contributed by atoms with Crippen molar-refractivity contribution in [3.8, 4) is 17.3 Å². The van der Waals surface area contributed by atoms with E-state index in [4.69, 9.17) is 11.6 Å². The number of halogens is 2. The third-order valence-electron chi connectivity index (χ3n) is 3.22. The van der Waals surface area contributed by atoms with Crippen LogP contribution < -0.4 is 0 Å². The number of nitriles is 1. The first-order valence-corrected chi connectivity index (χ1v) is 6.90. The minimum absolute atomic E-state index is 0.179. The lowest BCUT2D eigenvalue weighted by molar-refractivity contribution is 0.579. The molecule has 0 bridgehead atoms. The van der Waals surface area contributed by atoms with E-state index in [1.165, 1.54) is 10.7 Å². The van der Waals surface area contributed by atoms with Crippen molar-refractivity contribution in [3.63, 3.8) is 0 Å². The van der Waals surface area contributed by atoms with Crippen molar-refractivity contribution in [1.29, 1.82) is 5.26 Å². The van der Waals surface area contributed by atoms with Gasteiger partial charge in [0, 0.05) is 16.1 Å². The van der Waals surface area contributed by atoms with Crippen LogP contribution in [0, 0.1) is 17.1 Å². The number of benzene rings is 2. The number of nitrogens with zero attached hydrogens (tertiary/aromatic N) is 4. The smallest absolute Gasteiger partial charge is 0.190 e. The summed E-state index contributed by atoms with van der Waals surface area (Å²) < 4.78 is 15.3. The van der Waals surface area contributed by atoms with E-state index in [9.17, 15) is 9.65 Å². The Morgan fingerprint density at radius 1 is 1.18 bits per heavy atom. The molecule has 22 heavy (non-hydrogen) atoms. The van der Waals surface area contributed by atoms with Crippen LogP contribution in [0.2, 0.25) is 5.02 Å². The van der Waals surface area contributed by atoms with E-state index in [1.54, 1.807) is 36.4 Å². The molecule has 0 atom stereocenters. The van der Waals surface area contributed by atoms with Gasteiger partial charge in [-0.15, -0.1) is 5.10 Å². The van der Waals surface area contributed by atoms with Crippen molar-refractivity contribution in [2.24, 2.45) is 0 Å². The Labute approximate surface area is 131 Å². The lowest BCUT2D eigenvalue weighted by atomic mass is 10.1. The van der Waals surface area contributed by atoms with E-state index < -0.39 is 0 Å². The van der Waals surface area contributed by atoms with Crippen LogP contribution in [0.5, 0.6) is 0 Å². The van der Waals surface area contributed by atoms with Crippen LogP contribution >= 0.6 is 11.6 Å². The maximum Gasteiger partial charge on any atom is 0.190 e. The molecule has 3 rings (SSSR count). The normalized spacial score (nSPS) is 10.4. The van der Waals surface area contributed by atoms with Crippen molar-refractivity contribution >= 4 is 11.6 Å². The van der Waals surface area contributed by atoms with E-state index in [0.29, 0.717) is 21.8 Å². The fraction of sp³-hybridized carbons (Fsp3) is 0.0625. The molecule has 1 heterocycles. The maximum absolute atomic E-state index is 13.8. The average molecular weight is 313 g/mol. The molecule has 0 saturated heterocycles. The molecule has 0 saturated carbocycles. The van der Waals surface area contributed by atoms with Gasteiger partial charge in [0.2, 0.25) is 0 Å². The van der Waals surface area contributed by atoms with Crippen molar-refractivity contribution in [3.05, 3.63) is 70.6 Å². The molecule has 2 aromatic carbocycles. The number of aromatic nitrogens is 3. The van der Waals surface area contributed by atoms with E-state index in [-0.39, 0.29) is 18.1 Å². The molecule has 0 aliphatic rings. The Morgan fingerprint density at radius 2 is 2.00 bits per heavy atom. The molecular weight excluding hydrogens is 303 g/mol. The maximum atomic E-state index is 13.8. The van der Waals surface area contributed by atoms with Crippen LogP contribution in [-0.2, 0) is 6.54 Å². The van der Waals surface area contributed by atoms with Gasteiger partial charge in [-0.1, -0.05) is 47.1 Å². The molecule has 1 aromatic heterocycles. The molecule has 0 fully saturated rings. The van der Waals surface area contributed by atoms with Crippen LogP contribution in [-0.4, -0.2) is 15.0 Å². The SMILES string of the molecule is N#Cc1nnn(Cc2ccccc2F)c1-c1cccc(Cl)c1. The molecule has 108 valence electrons. The molecule has 3 aromatic rings. The zero-order valence-electron chi connectivity index (χ0n) is 11.4. The summed E-state index contributed by atoms with van der Waals surface area (Å²) in [6.45, 7) is 0.184. The first kappa shape index (κ1) is 14.2. The van der Waals surface area contributed by atoms with Gasteiger partial charge in [0.05, 0.1) is 6.54 Å². The summed E-state index contributed by atoms with van der Waals surface area (Å²) in [5.41, 5.74) is 1.89. The van der Waals surface area contributed by atoms with E-state index in [2.05, 4.69) is 10.3 Å². The van der Waals surface area contributed by atoms with Gasteiger partial charge in [0.1, 0.15) is 17.6 Å². The topological polar surface area (TPSA) is 54.5 Å². The second-order valence-corrected chi connectivity index (χ2v) is 5.09. The Kier molecular flexibility index (Phi) is 3.86. The van der Waals surface area contributed by atoms with Crippen LogP contribution in [0.1, 0.15) is 11.3 Å². The van der Waals surface area contributed by atoms with Gasteiger partial charge in [0.15, 0.2) is 5.69 Å². The highest BCUT2D eigenvalue weighted by molar-refractivity contribution is 6.30. The first-order valence-electron chi connectivity index (χ1n) is 6.52. The number of hydrogen-bond acceptors (Lipinski definition) is 3. The number of hydrogen-bond donors (Lipinski definition) is 0. The second-order valence-electron chi connectivity index (χ2n) is 4.66. The summed E-state index contributed by atoms with van der Waals surface area (Å²) >= 11 is 6.00. The second kappa shape index (κ2) is 5.96. The summed E-state index contributed by atoms with van der Waals surface area (Å²) in [7, 11) is 0. The summed E-state index contributed by atoms with van der Waals surface area (Å²) in [5.74, 6) is -0.325. The van der Waals surface area contributed by atoms with E-state index in [1.807, 2.05) is 12.1 Å². The predicted octanol–water partition coefficient (Wildman–Crippen LogP) is 3.66. The molecule has 0 N–H and O–H groups in total. The monoisotopic (exact) mass is 312 g/mol. The Morgan fingerprint density at radius 3 is 2.73 bits per heavy atom. The van der Waals surface area contributed by atoms with Crippen molar-refractivity contribution in [1.82, 2.24) is 15.0 Å². The highest BCUT2D eigenvalue weighted by Gasteiger charge is 2.16. The third-order valence-corrected chi connectivity index (χ3v) is 3.45. The molecule has 0 amide bonds. The van der Waals surface area contributed by atoms with Gasteiger partial charge in [-0.05, 0) is 18.2 Å². The summed E-state index contributed by atoms with van der Waals surface area (Å²) in [4.78, 5) is 0. The van der Waals surface area contributed by atoms with Gasteiger partial charge in [-0.2, -0.15) is 5.26 Å². The Hall–Kier alpha value is -2.71. The summed E-state index contributed by atoms with van der Waals surface area (Å²) in [6, 6.07) is 15.5. The molecule has 0 unspecified atom stereocenters. The Bertz CT molecular complexity index is 867. The summed E-state index contributed by atoms with van der Waals surface area (Å²) in [5, 5.41) is 17.6. The predicted molar refractivity (Wildman–Crippen MR) is 80.7 cm³/mol. The molecule has 0 radical (unpaired) electrons. The van der Waals surface area contributed by atoms with Gasteiger partial charge in [0.25, 0.3) is 0 Å². The summed E-state index contributed by atoms with van der Waals surface area (Å²) in [6.07, 6.45) is 0. The number of rotatable bonds is 3. The fourth-order valence-electron chi connectivity index (χ4n) is 2.21. The highest BCUT2D eigenvalue weighted by Crippen LogP contribution is 2.25. The van der Waals surface area contributed by atoms with Gasteiger partial charge < -0.3 is 0 Å². The van der Waals surface area contributed by atoms with Crippen molar-refractivity contribution in [2.45, 2.75) is 6.54 Å². The lowest BCUT2D eigenvalue weighted by Gasteiger charge is -2.08. The van der Waals surface area contributed by atoms with Crippen LogP contribution in [0.15, 0.2) is 48.5 Å². The Balaban J connectivity index is 2.09. The molecule has 0 spiro atoms. The zero-order valence-corrected chi connectivity index (χ0v) is 12.1. The molecule has 0 aliphatic heterocycles. The van der Waals surface area contributed by atoms with Gasteiger partial charge >= 0.3 is 0 Å². The lowest BCUT2D eigenvalue weighted by Crippen LogP contribution is -2.06. The van der Waals surface area contributed by atoms with Crippen molar-refractivity contribution < 1.29 is 4.39 Å². The zero-order chi connectivity index (χ0) is 15.5. The highest BCUT2D eigenvalue weighted by atomic mass is 35.5. The standard InChI is InChI=1S/C16H10ClFN4/c17-13-6-3-5-11(8-13)16-15(9-19)20-21-22(16)10-12-4-1-2-7-14(12)18/h1-8H,10H2.